The monoisotopic (exact) mass is 378 g/mol. The number of ether oxygens (including phenoxy) is 1. The van der Waals surface area contributed by atoms with Crippen molar-refractivity contribution in [2.45, 2.75) is 20.3 Å². The molecule has 2 N–H and O–H groups in total. The summed E-state index contributed by atoms with van der Waals surface area (Å²) in [5.74, 6) is -0.233. The van der Waals surface area contributed by atoms with Gasteiger partial charge in [-0.3, -0.25) is 10.1 Å². The van der Waals surface area contributed by atoms with Gasteiger partial charge >= 0.3 is 6.09 Å². The summed E-state index contributed by atoms with van der Waals surface area (Å²) in [5, 5.41) is 9.83. The predicted octanol–water partition coefficient (Wildman–Crippen LogP) is 4.17. The van der Waals surface area contributed by atoms with Crippen molar-refractivity contribution >= 4 is 23.4 Å². The lowest BCUT2D eigenvalue weighted by Gasteiger charge is -2.09. The first-order chi connectivity index (χ1) is 13.5. The molecule has 0 atom stereocenters. The number of aromatic nitrogens is 2. The molecule has 0 bridgehead atoms. The average molecular weight is 378 g/mol. The number of hydrogen-bond donors (Lipinski definition) is 2. The molecule has 1 heterocycles. The Hall–Kier alpha value is -3.61. The molecule has 0 aliphatic heterocycles. The normalized spacial score (nSPS) is 10.4. The summed E-state index contributed by atoms with van der Waals surface area (Å²) in [6.07, 6.45) is 1.70. The molecule has 7 nitrogen and oxygen atoms in total. The highest BCUT2D eigenvalue weighted by Gasteiger charge is 2.17. The van der Waals surface area contributed by atoms with E-state index in [9.17, 15) is 9.59 Å². The minimum absolute atomic E-state index is 0.233. The summed E-state index contributed by atoms with van der Waals surface area (Å²) in [4.78, 5) is 24.0. The molecule has 2 amide bonds. The summed E-state index contributed by atoms with van der Waals surface area (Å²) in [6.45, 7) is 4.02. The van der Waals surface area contributed by atoms with Crippen LogP contribution in [-0.4, -0.2) is 28.9 Å². The predicted molar refractivity (Wildman–Crippen MR) is 108 cm³/mol. The molecule has 0 aliphatic rings. The quantitative estimate of drug-likeness (QED) is 0.698. The van der Waals surface area contributed by atoms with E-state index in [0.29, 0.717) is 23.4 Å². The van der Waals surface area contributed by atoms with Crippen molar-refractivity contribution < 1.29 is 14.3 Å². The van der Waals surface area contributed by atoms with Gasteiger partial charge in [-0.15, -0.1) is 0 Å². The van der Waals surface area contributed by atoms with Gasteiger partial charge in [0.2, 0.25) is 0 Å². The van der Waals surface area contributed by atoms with Gasteiger partial charge in [0.1, 0.15) is 0 Å². The molecule has 28 heavy (non-hydrogen) atoms. The van der Waals surface area contributed by atoms with Crippen LogP contribution in [0.3, 0.4) is 0 Å². The third-order valence-electron chi connectivity index (χ3n) is 4.30. The molecule has 0 saturated heterocycles. The number of hydrogen-bond acceptors (Lipinski definition) is 4. The molecule has 0 fully saturated rings. The number of carbonyl (C=O) groups is 2. The molecular weight excluding hydrogens is 356 g/mol. The van der Waals surface area contributed by atoms with Crippen LogP contribution < -0.4 is 10.6 Å². The Labute approximate surface area is 163 Å². The van der Waals surface area contributed by atoms with Crippen molar-refractivity contribution in [2.75, 3.05) is 17.7 Å². The zero-order chi connectivity index (χ0) is 20.1. The fourth-order valence-corrected chi connectivity index (χ4v) is 2.82. The number of nitrogens with zero attached hydrogens (tertiary/aromatic N) is 2. The zero-order valence-electron chi connectivity index (χ0n) is 16.0. The number of anilines is 2. The van der Waals surface area contributed by atoms with E-state index in [-0.39, 0.29) is 5.91 Å². The Morgan fingerprint density at radius 2 is 1.61 bits per heavy atom. The molecule has 3 aromatic rings. The molecule has 1 aromatic heterocycles. The van der Waals surface area contributed by atoms with Gasteiger partial charge in [0, 0.05) is 11.4 Å². The van der Waals surface area contributed by atoms with Crippen LogP contribution in [0.4, 0.5) is 16.2 Å². The maximum atomic E-state index is 12.7. The van der Waals surface area contributed by atoms with E-state index in [4.69, 9.17) is 0 Å². The van der Waals surface area contributed by atoms with E-state index < -0.39 is 6.09 Å². The molecule has 0 aliphatic carbocycles. The third-order valence-corrected chi connectivity index (χ3v) is 4.30. The first-order valence-electron chi connectivity index (χ1n) is 8.92. The minimum atomic E-state index is -0.548. The van der Waals surface area contributed by atoms with Crippen molar-refractivity contribution in [3.8, 4) is 5.69 Å². The SMILES string of the molecule is CCc1c(C(=O)Nc2ccc(NC(=O)OC)cc2)cnn1-c1ccc(C)cc1. The Balaban J connectivity index is 1.77. The van der Waals surface area contributed by atoms with E-state index in [1.165, 1.54) is 7.11 Å². The number of methoxy groups -OCH3 is 1. The molecule has 0 saturated carbocycles. The highest BCUT2D eigenvalue weighted by molar-refractivity contribution is 6.05. The molecular formula is C21H22N4O3. The highest BCUT2D eigenvalue weighted by Crippen LogP contribution is 2.19. The first kappa shape index (κ1) is 19.2. The summed E-state index contributed by atoms with van der Waals surface area (Å²) in [6, 6.07) is 14.8. The van der Waals surface area contributed by atoms with Gasteiger partial charge in [0.15, 0.2) is 0 Å². The Kier molecular flexibility index (Phi) is 5.74. The second kappa shape index (κ2) is 8.39. The second-order valence-electron chi connectivity index (χ2n) is 6.25. The number of rotatable bonds is 5. The van der Waals surface area contributed by atoms with Crippen LogP contribution >= 0.6 is 0 Å². The van der Waals surface area contributed by atoms with Crippen molar-refractivity contribution in [1.82, 2.24) is 9.78 Å². The van der Waals surface area contributed by atoms with Crippen LogP contribution in [0.15, 0.2) is 54.7 Å². The maximum absolute atomic E-state index is 12.7. The van der Waals surface area contributed by atoms with Crippen LogP contribution in [0, 0.1) is 6.92 Å². The Morgan fingerprint density at radius 1 is 1.00 bits per heavy atom. The second-order valence-corrected chi connectivity index (χ2v) is 6.25. The fourth-order valence-electron chi connectivity index (χ4n) is 2.82. The van der Waals surface area contributed by atoms with E-state index in [2.05, 4.69) is 20.5 Å². The van der Waals surface area contributed by atoms with Crippen LogP contribution in [0.25, 0.3) is 5.69 Å². The van der Waals surface area contributed by atoms with E-state index >= 15 is 0 Å². The van der Waals surface area contributed by atoms with Crippen molar-refractivity contribution in [1.29, 1.82) is 0 Å². The van der Waals surface area contributed by atoms with Crippen molar-refractivity contribution in [2.24, 2.45) is 0 Å². The fraction of sp³-hybridized carbons (Fsp3) is 0.190. The maximum Gasteiger partial charge on any atom is 0.411 e. The molecule has 7 heteroatoms. The standard InChI is InChI=1S/C21H22N4O3/c1-4-19-18(13-22-25(19)17-11-5-14(2)6-12-17)20(26)23-15-7-9-16(10-8-15)24-21(27)28-3/h5-13H,4H2,1-3H3,(H,23,26)(H,24,27). The topological polar surface area (TPSA) is 85.2 Å². The van der Waals surface area contributed by atoms with Crippen LogP contribution in [-0.2, 0) is 11.2 Å². The molecule has 0 spiro atoms. The average Bonchev–Trinajstić information content (AvgIpc) is 3.14. The largest absolute Gasteiger partial charge is 0.453 e. The van der Waals surface area contributed by atoms with Gasteiger partial charge in [-0.1, -0.05) is 24.6 Å². The Bertz CT molecular complexity index is 976. The Morgan fingerprint density at radius 3 is 2.18 bits per heavy atom. The number of aryl methyl sites for hydroxylation is 1. The number of nitrogens with one attached hydrogen (secondary N) is 2. The highest BCUT2D eigenvalue weighted by atomic mass is 16.5. The van der Waals surface area contributed by atoms with Gasteiger partial charge in [-0.2, -0.15) is 5.10 Å². The smallest absolute Gasteiger partial charge is 0.411 e. The number of amides is 2. The summed E-state index contributed by atoms with van der Waals surface area (Å²) < 4.78 is 6.34. The van der Waals surface area contributed by atoms with Crippen LogP contribution in [0.5, 0.6) is 0 Å². The van der Waals surface area contributed by atoms with Crippen molar-refractivity contribution in [3.05, 3.63) is 71.5 Å². The molecule has 0 radical (unpaired) electrons. The molecule has 3 rings (SSSR count). The van der Waals surface area contributed by atoms with Gasteiger partial charge in [-0.25, -0.2) is 9.48 Å². The lowest BCUT2D eigenvalue weighted by molar-refractivity contribution is 0.102. The van der Waals surface area contributed by atoms with Crippen LogP contribution in [0.2, 0.25) is 0 Å². The van der Waals surface area contributed by atoms with Gasteiger partial charge in [0.05, 0.1) is 30.3 Å². The number of benzene rings is 2. The lowest BCUT2D eigenvalue weighted by Crippen LogP contribution is -2.14. The molecule has 2 aromatic carbocycles. The van der Waals surface area contributed by atoms with E-state index in [1.807, 2.05) is 38.1 Å². The zero-order valence-corrected chi connectivity index (χ0v) is 16.0. The first-order valence-corrected chi connectivity index (χ1v) is 8.92. The summed E-state index contributed by atoms with van der Waals surface area (Å²) >= 11 is 0. The summed E-state index contributed by atoms with van der Waals surface area (Å²) in [7, 11) is 1.30. The van der Waals surface area contributed by atoms with Crippen molar-refractivity contribution in [3.63, 3.8) is 0 Å². The van der Waals surface area contributed by atoms with E-state index in [1.54, 1.807) is 35.1 Å². The lowest BCUT2D eigenvalue weighted by atomic mass is 10.1. The minimum Gasteiger partial charge on any atom is -0.453 e. The van der Waals surface area contributed by atoms with Gasteiger partial charge < -0.3 is 10.1 Å². The molecule has 144 valence electrons. The molecule has 0 unspecified atom stereocenters. The van der Waals surface area contributed by atoms with Gasteiger partial charge in [0.25, 0.3) is 5.91 Å². The van der Waals surface area contributed by atoms with E-state index in [0.717, 1.165) is 16.9 Å². The van der Waals surface area contributed by atoms with Crippen LogP contribution in [0.1, 0.15) is 28.5 Å². The third kappa shape index (κ3) is 4.20. The number of carbonyl (C=O) groups excluding carboxylic acids is 2. The summed E-state index contributed by atoms with van der Waals surface area (Å²) in [5.41, 5.74) is 4.64. The van der Waals surface area contributed by atoms with Gasteiger partial charge in [-0.05, 0) is 49.7 Å².